The van der Waals surface area contributed by atoms with Crippen LogP contribution in [0.2, 0.25) is 5.02 Å². The summed E-state index contributed by atoms with van der Waals surface area (Å²) in [6, 6.07) is 22.6. The van der Waals surface area contributed by atoms with Crippen molar-refractivity contribution in [2.45, 2.75) is 0 Å². The number of thiocarbonyl (C=S) groups is 1. The van der Waals surface area contributed by atoms with E-state index in [1.165, 1.54) is 0 Å². The van der Waals surface area contributed by atoms with Crippen LogP contribution in [0.25, 0.3) is 11.0 Å². The molecule has 0 saturated heterocycles. The number of nitrogens with one attached hydrogen (secondary N) is 3. The van der Waals surface area contributed by atoms with E-state index in [4.69, 9.17) is 28.2 Å². The van der Waals surface area contributed by atoms with Crippen molar-refractivity contribution >= 4 is 63.1 Å². The van der Waals surface area contributed by atoms with Gasteiger partial charge in [-0.2, -0.15) is 0 Å². The number of para-hydroxylation sites is 1. The van der Waals surface area contributed by atoms with Crippen molar-refractivity contribution in [3.8, 4) is 0 Å². The van der Waals surface area contributed by atoms with Gasteiger partial charge in [0, 0.05) is 27.3 Å². The molecule has 0 radical (unpaired) electrons. The third-order valence-electron chi connectivity index (χ3n) is 4.34. The number of fused-ring (bicyclic) bond motifs is 1. The highest BCUT2D eigenvalue weighted by molar-refractivity contribution is 7.80. The Hall–Kier alpha value is -3.68. The Morgan fingerprint density at radius 1 is 0.806 bits per heavy atom. The van der Waals surface area contributed by atoms with Crippen molar-refractivity contribution in [2.24, 2.45) is 0 Å². The minimum absolute atomic E-state index is 0.101. The van der Waals surface area contributed by atoms with E-state index >= 15 is 0 Å². The molecule has 4 aromatic rings. The molecular weight excluding hydrogens is 434 g/mol. The molecule has 0 unspecified atom stereocenters. The van der Waals surface area contributed by atoms with Gasteiger partial charge in [0.2, 0.25) is 0 Å². The molecule has 0 aliphatic heterocycles. The molecule has 0 spiro atoms. The number of rotatable bonds is 4. The maximum absolute atomic E-state index is 12.4. The molecule has 3 N–H and O–H groups in total. The van der Waals surface area contributed by atoms with Gasteiger partial charge in [-0.3, -0.25) is 14.9 Å². The van der Waals surface area contributed by atoms with Gasteiger partial charge >= 0.3 is 0 Å². The van der Waals surface area contributed by atoms with Crippen LogP contribution < -0.4 is 16.0 Å². The molecule has 154 valence electrons. The minimum Gasteiger partial charge on any atom is -0.451 e. The fraction of sp³-hybridized carbons (Fsp3) is 0. The molecule has 0 atom stereocenters. The third kappa shape index (κ3) is 5.09. The Morgan fingerprint density at radius 3 is 2.32 bits per heavy atom. The van der Waals surface area contributed by atoms with Crippen LogP contribution in [-0.4, -0.2) is 16.9 Å². The van der Waals surface area contributed by atoms with E-state index in [0.29, 0.717) is 27.5 Å². The van der Waals surface area contributed by atoms with Crippen LogP contribution >= 0.6 is 23.8 Å². The van der Waals surface area contributed by atoms with E-state index in [2.05, 4.69) is 16.0 Å². The first-order valence-electron chi connectivity index (χ1n) is 9.26. The van der Waals surface area contributed by atoms with E-state index in [-0.39, 0.29) is 16.8 Å². The van der Waals surface area contributed by atoms with Crippen molar-refractivity contribution in [1.29, 1.82) is 0 Å². The number of benzene rings is 3. The number of hydrogen-bond acceptors (Lipinski definition) is 4. The maximum Gasteiger partial charge on any atom is 0.293 e. The molecular formula is C23H16ClN3O3S. The van der Waals surface area contributed by atoms with Gasteiger partial charge in [-0.05, 0) is 60.7 Å². The SMILES string of the molecule is O=C(Nc1cccc(NC(=S)NC(=O)c2cc3ccccc3o2)c1)c1cccc(Cl)c1. The monoisotopic (exact) mass is 449 g/mol. The first-order valence-corrected chi connectivity index (χ1v) is 10.0. The second-order valence-corrected chi connectivity index (χ2v) is 7.45. The van der Waals surface area contributed by atoms with E-state index in [0.717, 1.165) is 5.39 Å². The zero-order chi connectivity index (χ0) is 21.8. The van der Waals surface area contributed by atoms with Crippen LogP contribution in [-0.2, 0) is 0 Å². The van der Waals surface area contributed by atoms with Gasteiger partial charge < -0.3 is 15.1 Å². The summed E-state index contributed by atoms with van der Waals surface area (Å²) in [4.78, 5) is 24.8. The quantitative estimate of drug-likeness (QED) is 0.360. The molecule has 0 bridgehead atoms. The van der Waals surface area contributed by atoms with Crippen LogP contribution in [0.3, 0.4) is 0 Å². The predicted molar refractivity (Wildman–Crippen MR) is 126 cm³/mol. The summed E-state index contributed by atoms with van der Waals surface area (Å²) >= 11 is 11.2. The van der Waals surface area contributed by atoms with Crippen LogP contribution in [0.1, 0.15) is 20.9 Å². The molecule has 0 fully saturated rings. The second kappa shape index (κ2) is 8.99. The number of halogens is 1. The zero-order valence-corrected chi connectivity index (χ0v) is 17.6. The molecule has 0 aliphatic carbocycles. The average molecular weight is 450 g/mol. The highest BCUT2D eigenvalue weighted by atomic mass is 35.5. The van der Waals surface area contributed by atoms with E-state index in [1.807, 2.05) is 18.2 Å². The molecule has 31 heavy (non-hydrogen) atoms. The van der Waals surface area contributed by atoms with Gasteiger partial charge in [0.05, 0.1) is 0 Å². The summed E-state index contributed by atoms with van der Waals surface area (Å²) < 4.78 is 5.54. The van der Waals surface area contributed by atoms with E-state index in [9.17, 15) is 9.59 Å². The predicted octanol–water partition coefficient (Wildman–Crippen LogP) is 5.47. The Labute approximate surface area is 188 Å². The Morgan fingerprint density at radius 2 is 1.55 bits per heavy atom. The summed E-state index contributed by atoms with van der Waals surface area (Å²) in [6.07, 6.45) is 0. The number of amides is 2. The van der Waals surface area contributed by atoms with Crippen LogP contribution in [0.15, 0.2) is 83.3 Å². The summed E-state index contributed by atoms with van der Waals surface area (Å²) in [7, 11) is 0. The summed E-state index contributed by atoms with van der Waals surface area (Å²) in [5.41, 5.74) is 2.22. The Bertz CT molecular complexity index is 1270. The molecule has 2 amide bonds. The van der Waals surface area contributed by atoms with Gasteiger partial charge in [0.15, 0.2) is 10.9 Å². The van der Waals surface area contributed by atoms with Crippen LogP contribution in [0.5, 0.6) is 0 Å². The topological polar surface area (TPSA) is 83.4 Å². The minimum atomic E-state index is -0.459. The van der Waals surface area contributed by atoms with E-state index < -0.39 is 5.91 Å². The van der Waals surface area contributed by atoms with Crippen molar-refractivity contribution < 1.29 is 14.0 Å². The van der Waals surface area contributed by atoms with Crippen molar-refractivity contribution in [1.82, 2.24) is 5.32 Å². The van der Waals surface area contributed by atoms with Crippen molar-refractivity contribution in [3.05, 3.63) is 95.2 Å². The molecule has 1 aromatic heterocycles. The molecule has 8 heteroatoms. The van der Waals surface area contributed by atoms with Gasteiger partial charge in [-0.25, -0.2) is 0 Å². The second-order valence-electron chi connectivity index (χ2n) is 6.60. The largest absolute Gasteiger partial charge is 0.451 e. The fourth-order valence-corrected chi connectivity index (χ4v) is 3.33. The lowest BCUT2D eigenvalue weighted by Crippen LogP contribution is -2.33. The Balaban J connectivity index is 1.39. The summed E-state index contributed by atoms with van der Waals surface area (Å²) in [6.45, 7) is 0. The van der Waals surface area contributed by atoms with Crippen LogP contribution in [0, 0.1) is 0 Å². The lowest BCUT2D eigenvalue weighted by atomic mass is 10.2. The smallest absolute Gasteiger partial charge is 0.293 e. The number of anilines is 2. The van der Waals surface area contributed by atoms with E-state index in [1.54, 1.807) is 60.7 Å². The number of carbonyl (C=O) groups is 2. The third-order valence-corrected chi connectivity index (χ3v) is 4.78. The van der Waals surface area contributed by atoms with Gasteiger partial charge in [-0.1, -0.05) is 41.9 Å². The maximum atomic E-state index is 12.4. The van der Waals surface area contributed by atoms with Gasteiger partial charge in [0.25, 0.3) is 11.8 Å². The van der Waals surface area contributed by atoms with Crippen LogP contribution in [0.4, 0.5) is 11.4 Å². The van der Waals surface area contributed by atoms with Gasteiger partial charge in [0.1, 0.15) is 5.58 Å². The number of furan rings is 1. The number of carbonyl (C=O) groups excluding carboxylic acids is 2. The zero-order valence-electron chi connectivity index (χ0n) is 16.0. The Kier molecular flexibility index (Phi) is 5.97. The fourth-order valence-electron chi connectivity index (χ4n) is 2.93. The first kappa shape index (κ1) is 20.6. The van der Waals surface area contributed by atoms with Gasteiger partial charge in [-0.15, -0.1) is 0 Å². The molecule has 1 heterocycles. The first-order chi connectivity index (χ1) is 15.0. The summed E-state index contributed by atoms with van der Waals surface area (Å²) in [5.74, 6) is -0.590. The lowest BCUT2D eigenvalue weighted by Gasteiger charge is -2.11. The highest BCUT2D eigenvalue weighted by Crippen LogP contribution is 2.19. The standard InChI is InChI=1S/C23H16ClN3O3S/c24-16-7-3-6-15(11-16)21(28)25-17-8-4-9-18(13-17)26-23(31)27-22(29)20-12-14-5-1-2-10-19(14)30-20/h1-13H,(H,25,28)(H2,26,27,29,31). The molecule has 0 aliphatic rings. The molecule has 3 aromatic carbocycles. The number of hydrogen-bond donors (Lipinski definition) is 3. The highest BCUT2D eigenvalue weighted by Gasteiger charge is 2.14. The lowest BCUT2D eigenvalue weighted by molar-refractivity contribution is 0.0952. The molecule has 4 rings (SSSR count). The molecule has 6 nitrogen and oxygen atoms in total. The summed E-state index contributed by atoms with van der Waals surface area (Å²) in [5, 5.41) is 9.71. The average Bonchev–Trinajstić information content (AvgIpc) is 3.18. The molecule has 0 saturated carbocycles. The normalized spacial score (nSPS) is 10.5. The van der Waals surface area contributed by atoms with Crippen molar-refractivity contribution in [3.63, 3.8) is 0 Å². The van der Waals surface area contributed by atoms with Crippen molar-refractivity contribution in [2.75, 3.05) is 10.6 Å².